The van der Waals surface area contributed by atoms with Crippen molar-refractivity contribution in [1.82, 2.24) is 20.4 Å². The van der Waals surface area contributed by atoms with Gasteiger partial charge >= 0.3 is 6.18 Å². The molecular formula is C10H16F3N5S. The average molecular weight is 295 g/mol. The van der Waals surface area contributed by atoms with Gasteiger partial charge in [-0.05, 0) is 13.0 Å². The monoisotopic (exact) mass is 295 g/mol. The van der Waals surface area contributed by atoms with Gasteiger partial charge in [0, 0.05) is 32.7 Å². The lowest BCUT2D eigenvalue weighted by atomic mass is 10.3. The first-order valence-corrected chi connectivity index (χ1v) is 6.95. The number of nitrogens with one attached hydrogen (secondary N) is 2. The van der Waals surface area contributed by atoms with Crippen LogP contribution in [0.2, 0.25) is 0 Å². The van der Waals surface area contributed by atoms with E-state index in [1.807, 2.05) is 0 Å². The van der Waals surface area contributed by atoms with Crippen molar-refractivity contribution in [3.05, 3.63) is 5.01 Å². The van der Waals surface area contributed by atoms with Crippen molar-refractivity contribution in [2.75, 3.05) is 44.6 Å². The normalized spacial score (nSPS) is 17.6. The Balaban J connectivity index is 1.66. The largest absolute Gasteiger partial charge is 0.445 e. The number of hydrogen-bond donors (Lipinski definition) is 2. The van der Waals surface area contributed by atoms with Crippen molar-refractivity contribution in [1.29, 1.82) is 0 Å². The van der Waals surface area contributed by atoms with E-state index in [-0.39, 0.29) is 5.13 Å². The highest BCUT2D eigenvalue weighted by molar-refractivity contribution is 7.15. The smallest absolute Gasteiger partial charge is 0.360 e. The van der Waals surface area contributed by atoms with Gasteiger partial charge in [0.05, 0.1) is 0 Å². The molecule has 1 aromatic heterocycles. The number of hydrogen-bond acceptors (Lipinski definition) is 6. The molecule has 2 heterocycles. The number of piperazine rings is 1. The molecule has 0 saturated carbocycles. The number of anilines is 1. The van der Waals surface area contributed by atoms with Gasteiger partial charge in [-0.3, -0.25) is 0 Å². The van der Waals surface area contributed by atoms with Crippen LogP contribution in [0.5, 0.6) is 0 Å². The van der Waals surface area contributed by atoms with Crippen molar-refractivity contribution >= 4 is 16.5 Å². The summed E-state index contributed by atoms with van der Waals surface area (Å²) in [7, 11) is 0. The van der Waals surface area contributed by atoms with Gasteiger partial charge in [0.25, 0.3) is 0 Å². The van der Waals surface area contributed by atoms with E-state index < -0.39 is 11.2 Å². The Morgan fingerprint density at radius 2 is 2.00 bits per heavy atom. The summed E-state index contributed by atoms with van der Waals surface area (Å²) in [5, 5.41) is 12.1. The number of aromatic nitrogens is 2. The third-order valence-electron chi connectivity index (χ3n) is 2.80. The molecule has 0 spiro atoms. The summed E-state index contributed by atoms with van der Waals surface area (Å²) in [6.45, 7) is 5.60. The molecular weight excluding hydrogens is 279 g/mol. The molecule has 1 fully saturated rings. The van der Waals surface area contributed by atoms with Crippen molar-refractivity contribution in [2.45, 2.75) is 12.6 Å². The predicted octanol–water partition coefficient (Wildman–Crippen LogP) is 1.26. The zero-order valence-electron chi connectivity index (χ0n) is 10.3. The zero-order valence-corrected chi connectivity index (χ0v) is 11.2. The zero-order chi connectivity index (χ0) is 13.7. The maximum Gasteiger partial charge on any atom is 0.445 e. The van der Waals surface area contributed by atoms with Gasteiger partial charge < -0.3 is 15.5 Å². The third kappa shape index (κ3) is 4.59. The van der Waals surface area contributed by atoms with E-state index in [9.17, 15) is 13.2 Å². The first-order valence-electron chi connectivity index (χ1n) is 6.13. The van der Waals surface area contributed by atoms with Crippen LogP contribution in [-0.4, -0.2) is 54.4 Å². The molecule has 1 aliphatic heterocycles. The number of halogens is 3. The Kier molecular flexibility index (Phi) is 4.94. The second kappa shape index (κ2) is 6.49. The number of alkyl halides is 3. The summed E-state index contributed by atoms with van der Waals surface area (Å²) in [5.41, 5.74) is 0. The summed E-state index contributed by atoms with van der Waals surface area (Å²) in [6.07, 6.45) is -3.53. The lowest BCUT2D eigenvalue weighted by molar-refractivity contribution is -0.138. The lowest BCUT2D eigenvalue weighted by Crippen LogP contribution is -2.44. The summed E-state index contributed by atoms with van der Waals surface area (Å²) < 4.78 is 36.9. The predicted molar refractivity (Wildman–Crippen MR) is 67.3 cm³/mol. The summed E-state index contributed by atoms with van der Waals surface area (Å²) in [6, 6.07) is 0. The Labute approximate surface area is 113 Å². The highest BCUT2D eigenvalue weighted by Gasteiger charge is 2.35. The fraction of sp³-hybridized carbons (Fsp3) is 0.800. The standard InChI is InChI=1S/C10H16F3N5S/c11-10(12,13)8-16-17-9(19-8)15-2-1-5-18-6-3-14-4-7-18/h14H,1-7H2,(H,15,17). The number of rotatable bonds is 5. The van der Waals surface area contributed by atoms with Gasteiger partial charge in [0.15, 0.2) is 0 Å². The molecule has 0 amide bonds. The van der Waals surface area contributed by atoms with Gasteiger partial charge in [0.1, 0.15) is 0 Å². The molecule has 108 valence electrons. The van der Waals surface area contributed by atoms with E-state index in [4.69, 9.17) is 0 Å². The molecule has 0 bridgehead atoms. The second-order valence-corrected chi connectivity index (χ2v) is 5.26. The maximum absolute atomic E-state index is 12.3. The highest BCUT2D eigenvalue weighted by atomic mass is 32.1. The molecule has 0 unspecified atom stereocenters. The van der Waals surface area contributed by atoms with Gasteiger partial charge in [-0.25, -0.2) is 0 Å². The van der Waals surface area contributed by atoms with Crippen LogP contribution in [0.1, 0.15) is 11.4 Å². The van der Waals surface area contributed by atoms with Crippen molar-refractivity contribution in [3.63, 3.8) is 0 Å². The minimum absolute atomic E-state index is 0.229. The quantitative estimate of drug-likeness (QED) is 0.801. The first kappa shape index (κ1) is 14.5. The van der Waals surface area contributed by atoms with Crippen LogP contribution in [-0.2, 0) is 6.18 Å². The fourth-order valence-corrected chi connectivity index (χ4v) is 2.48. The van der Waals surface area contributed by atoms with Crippen LogP contribution in [0.3, 0.4) is 0 Å². The van der Waals surface area contributed by atoms with E-state index in [2.05, 4.69) is 25.7 Å². The molecule has 19 heavy (non-hydrogen) atoms. The molecule has 0 aromatic carbocycles. The molecule has 0 atom stereocenters. The van der Waals surface area contributed by atoms with Crippen molar-refractivity contribution in [3.8, 4) is 0 Å². The Bertz CT molecular complexity index is 389. The van der Waals surface area contributed by atoms with E-state index in [0.717, 1.165) is 39.1 Å². The first-order chi connectivity index (χ1) is 9.05. The van der Waals surface area contributed by atoms with Crippen LogP contribution in [0.4, 0.5) is 18.3 Å². The van der Waals surface area contributed by atoms with Crippen LogP contribution < -0.4 is 10.6 Å². The van der Waals surface area contributed by atoms with Crippen LogP contribution >= 0.6 is 11.3 Å². The van der Waals surface area contributed by atoms with Crippen molar-refractivity contribution in [2.24, 2.45) is 0 Å². The minimum atomic E-state index is -4.40. The van der Waals surface area contributed by atoms with Gasteiger partial charge in [-0.2, -0.15) is 13.2 Å². The van der Waals surface area contributed by atoms with Crippen LogP contribution in [0.15, 0.2) is 0 Å². The summed E-state index contributed by atoms with van der Waals surface area (Å²) in [4.78, 5) is 2.33. The molecule has 9 heteroatoms. The molecule has 1 aliphatic rings. The SMILES string of the molecule is FC(F)(F)c1nnc(NCCCN2CCNCC2)s1. The molecule has 1 aromatic rings. The molecule has 0 aliphatic carbocycles. The van der Waals surface area contributed by atoms with Crippen molar-refractivity contribution < 1.29 is 13.2 Å². The van der Waals surface area contributed by atoms with Crippen LogP contribution in [0, 0.1) is 0 Å². The molecule has 5 nitrogen and oxygen atoms in total. The Morgan fingerprint density at radius 3 is 2.63 bits per heavy atom. The topological polar surface area (TPSA) is 53.1 Å². The average Bonchev–Trinajstić information content (AvgIpc) is 2.85. The van der Waals surface area contributed by atoms with E-state index in [0.29, 0.717) is 17.9 Å². The lowest BCUT2D eigenvalue weighted by Gasteiger charge is -2.26. The van der Waals surface area contributed by atoms with E-state index in [1.54, 1.807) is 0 Å². The molecule has 0 radical (unpaired) electrons. The van der Waals surface area contributed by atoms with Gasteiger partial charge in [-0.15, -0.1) is 10.2 Å². The molecule has 2 N–H and O–H groups in total. The highest BCUT2D eigenvalue weighted by Crippen LogP contribution is 2.32. The Hall–Kier alpha value is -0.930. The van der Waals surface area contributed by atoms with Gasteiger partial charge in [-0.1, -0.05) is 11.3 Å². The molecule has 1 saturated heterocycles. The molecule has 2 rings (SSSR count). The third-order valence-corrected chi connectivity index (χ3v) is 3.73. The maximum atomic E-state index is 12.3. The summed E-state index contributed by atoms with van der Waals surface area (Å²) in [5.74, 6) is 0. The summed E-state index contributed by atoms with van der Waals surface area (Å²) >= 11 is 0.544. The van der Waals surface area contributed by atoms with Gasteiger partial charge in [0.2, 0.25) is 10.1 Å². The van der Waals surface area contributed by atoms with E-state index in [1.165, 1.54) is 0 Å². The van der Waals surface area contributed by atoms with Crippen LogP contribution in [0.25, 0.3) is 0 Å². The number of nitrogens with zero attached hydrogens (tertiary/aromatic N) is 3. The Morgan fingerprint density at radius 1 is 1.26 bits per heavy atom. The second-order valence-electron chi connectivity index (χ2n) is 4.28. The minimum Gasteiger partial charge on any atom is -0.360 e. The van der Waals surface area contributed by atoms with E-state index >= 15 is 0 Å². The fourth-order valence-electron chi connectivity index (χ4n) is 1.84.